The number of nitrogens with one attached hydrogen (secondary N) is 11. The summed E-state index contributed by atoms with van der Waals surface area (Å²) in [4.78, 5) is 204. The summed E-state index contributed by atoms with van der Waals surface area (Å²) in [6, 6.07) is -12.7. The van der Waals surface area contributed by atoms with E-state index in [-0.39, 0.29) is 77.7 Å². The molecule has 1 aliphatic carbocycles. The number of ether oxygens (including phenoxy) is 2. The first kappa shape index (κ1) is 85.9. The van der Waals surface area contributed by atoms with Crippen LogP contribution in [-0.4, -0.2) is 218 Å². The number of aliphatic imine (C=N–C) groups is 3. The normalized spacial score (nSPS) is 28.0. The number of cyclic esters (lactones) is 1. The molecule has 4 aromatic rings. The first-order chi connectivity index (χ1) is 53.7. The summed E-state index contributed by atoms with van der Waals surface area (Å²) in [7, 11) is 1.06. The Labute approximate surface area is 671 Å². The van der Waals surface area contributed by atoms with Crippen LogP contribution in [0.1, 0.15) is 150 Å². The van der Waals surface area contributed by atoms with Gasteiger partial charge in [0, 0.05) is 33.2 Å². The van der Waals surface area contributed by atoms with Crippen LogP contribution in [-0.2, 0) is 58.2 Å². The van der Waals surface area contributed by atoms with Crippen molar-refractivity contribution in [1.29, 1.82) is 0 Å². The fourth-order valence-corrected chi connectivity index (χ4v) is 17.4. The van der Waals surface area contributed by atoms with Gasteiger partial charge in [-0.05, 0) is 78.9 Å². The van der Waals surface area contributed by atoms with E-state index < -0.39 is 213 Å². The molecular formula is C72H84N18O19S5. The molecule has 37 nitrogen and oxygen atoms in total. The number of allylic oxidation sites excluding steroid dienone is 1. The fourth-order valence-electron chi connectivity index (χ4n) is 12.6. The molecule has 13 bridgehead atoms. The van der Waals surface area contributed by atoms with Crippen LogP contribution in [0.25, 0.3) is 0 Å². The van der Waals surface area contributed by atoms with Crippen LogP contribution >= 0.6 is 57.1 Å². The highest BCUT2D eigenvalue weighted by molar-refractivity contribution is 8.14. The molecule has 42 heteroatoms. The van der Waals surface area contributed by atoms with Gasteiger partial charge in [-0.1, -0.05) is 58.4 Å². The van der Waals surface area contributed by atoms with Crippen LogP contribution in [0.2, 0.25) is 0 Å². The molecule has 9 heterocycles. The number of amides is 10. The van der Waals surface area contributed by atoms with E-state index in [4.69, 9.17) is 24.7 Å². The Balaban J connectivity index is 1.17. The number of fused-ring (bicyclic) bond motifs is 6. The van der Waals surface area contributed by atoms with Crippen molar-refractivity contribution in [2.75, 3.05) is 12.9 Å². The Bertz CT molecular complexity index is 4830. The highest BCUT2D eigenvalue weighted by atomic mass is 32.2. The summed E-state index contributed by atoms with van der Waals surface area (Å²) in [5, 5.41) is 91.8. The first-order valence-electron chi connectivity index (χ1n) is 35.4. The van der Waals surface area contributed by atoms with E-state index in [0.717, 1.165) is 64.2 Å². The van der Waals surface area contributed by atoms with E-state index in [0.29, 0.717) is 0 Å². The SMILES string of the molecule is C=C1NC(=O)C(C(C)C)N[C@@H]2C=CC3C([C@H](C)O)=CC(=NC3[C@H]2O)C(=O)O[C@H](C)C2NC(=O)c3csc(n3)[C@H](C(C)(O)[C@H](C)O)NC(=O)[C@@H]3CSC(=N3)/C(=C/C)NC(=O)C([C@H](C)O)NC(=O)c3csc(n3)C3(CCC(c4nc(C(=O)NC(=C)C(=O)NC(=C)C(=O)OC)cs4)=N[C@@H]3c3csc2n3)NC(=O)[C@@H](C)NC(=O)C(=C)NC1=O. The highest BCUT2D eigenvalue weighted by Gasteiger charge is 2.52. The molecule has 0 saturated carbocycles. The van der Waals surface area contributed by atoms with E-state index >= 15 is 14.4 Å². The Hall–Kier alpha value is -10.5. The zero-order valence-corrected chi connectivity index (χ0v) is 67.0. The number of carbonyl (C=O) groups excluding carboxylic acids is 12. The molecule has 0 aromatic carbocycles. The predicted octanol–water partition coefficient (Wildman–Crippen LogP) is 0.0517. The molecule has 10 rings (SSSR count). The van der Waals surface area contributed by atoms with Crippen LogP contribution in [0.4, 0.5) is 0 Å². The van der Waals surface area contributed by atoms with Gasteiger partial charge < -0.3 is 88.2 Å². The van der Waals surface area contributed by atoms with Crippen molar-refractivity contribution in [3.63, 3.8) is 0 Å². The minimum absolute atomic E-state index is 0.0162. The number of aliphatic hydroxyl groups is 5. The van der Waals surface area contributed by atoms with Gasteiger partial charge in [0.2, 0.25) is 23.6 Å². The monoisotopic (exact) mass is 1660 g/mol. The Morgan fingerprint density at radius 3 is 2.10 bits per heavy atom. The number of aromatic nitrogens is 4. The summed E-state index contributed by atoms with van der Waals surface area (Å²) in [5.74, 6) is -13.3. The third-order valence-electron chi connectivity index (χ3n) is 19.3. The molecule has 4 aromatic heterocycles. The smallest absolute Gasteiger partial charge is 0.356 e. The van der Waals surface area contributed by atoms with Crippen molar-refractivity contribution in [2.45, 2.75) is 171 Å². The van der Waals surface area contributed by atoms with E-state index in [1.807, 2.05) is 0 Å². The van der Waals surface area contributed by atoms with E-state index in [1.54, 1.807) is 32.9 Å². The average molecular weight is 1670 g/mol. The number of hydrogen-bond donors (Lipinski definition) is 16. The number of carbonyl (C=O) groups is 12. The fraction of sp³-hybridized carbons (Fsp3) is 0.431. The zero-order valence-electron chi connectivity index (χ0n) is 62.9. The average Bonchev–Trinajstić information content (AvgIpc) is 1.49. The van der Waals surface area contributed by atoms with Gasteiger partial charge in [-0.3, -0.25) is 68.2 Å². The molecule has 17 atom stereocenters. The maximum atomic E-state index is 15.4. The molecule has 114 heavy (non-hydrogen) atoms. The second kappa shape index (κ2) is 35.5. The summed E-state index contributed by atoms with van der Waals surface area (Å²) in [6.45, 7) is 27.1. The lowest BCUT2D eigenvalue weighted by molar-refractivity contribution is -0.141. The molecule has 606 valence electrons. The number of thiazole rings is 4. The number of thioether (sulfide) groups is 1. The van der Waals surface area contributed by atoms with E-state index in [2.05, 4.69) is 104 Å². The van der Waals surface area contributed by atoms with Gasteiger partial charge in [-0.15, -0.1) is 57.1 Å². The maximum absolute atomic E-state index is 15.4. The quantitative estimate of drug-likeness (QED) is 0.0536. The largest absolute Gasteiger partial charge is 0.464 e. The Kier molecular flexibility index (Phi) is 26.7. The van der Waals surface area contributed by atoms with Gasteiger partial charge in [0.05, 0.1) is 83.8 Å². The zero-order chi connectivity index (χ0) is 83.4. The van der Waals surface area contributed by atoms with Crippen molar-refractivity contribution in [3.8, 4) is 0 Å². The van der Waals surface area contributed by atoms with Gasteiger partial charge in [-0.25, -0.2) is 29.5 Å². The van der Waals surface area contributed by atoms with Crippen LogP contribution in [0.15, 0.2) is 121 Å². The maximum Gasteiger partial charge on any atom is 0.356 e. The number of nitrogens with zero attached hydrogens (tertiary/aromatic N) is 7. The lowest BCUT2D eigenvalue weighted by Crippen LogP contribution is -2.58. The molecule has 6 aliphatic rings. The van der Waals surface area contributed by atoms with Crippen molar-refractivity contribution in [3.05, 3.63) is 149 Å². The lowest BCUT2D eigenvalue weighted by atomic mass is 9.77. The van der Waals surface area contributed by atoms with Crippen molar-refractivity contribution in [1.82, 2.24) is 78.4 Å². The van der Waals surface area contributed by atoms with Crippen molar-refractivity contribution >= 4 is 145 Å². The van der Waals surface area contributed by atoms with Crippen LogP contribution in [0.5, 0.6) is 0 Å². The Morgan fingerprint density at radius 2 is 1.42 bits per heavy atom. The third-order valence-corrected chi connectivity index (χ3v) is 24.1. The molecule has 0 spiro atoms. The van der Waals surface area contributed by atoms with Gasteiger partial charge >= 0.3 is 11.9 Å². The van der Waals surface area contributed by atoms with Gasteiger partial charge in [0.25, 0.3) is 35.4 Å². The third kappa shape index (κ3) is 18.6. The number of methoxy groups -OCH3 is 1. The molecule has 10 amide bonds. The molecule has 0 fully saturated rings. The summed E-state index contributed by atoms with van der Waals surface area (Å²) < 4.78 is 10.9. The van der Waals surface area contributed by atoms with Crippen LogP contribution in [0, 0.1) is 11.8 Å². The number of dihydropyridines is 1. The second-order valence-corrected chi connectivity index (χ2v) is 32.3. The summed E-state index contributed by atoms with van der Waals surface area (Å²) in [5.41, 5.74) is -7.55. The first-order valence-corrected chi connectivity index (χ1v) is 39.9. The number of hydrogen-bond acceptors (Lipinski definition) is 32. The molecule has 7 unspecified atom stereocenters. The predicted molar refractivity (Wildman–Crippen MR) is 418 cm³/mol. The minimum Gasteiger partial charge on any atom is -0.464 e. The standard InChI is InChI=1S/C72H84N18O19S5/c1-15-38-64-83-45(23-110-64)61(102)89-53(71(13,107)35(12)93)67-85-44(24-113-67)59(100)88-49-34(11)109-69(106)41-20-37(32(9)91)36-16-17-39(51(94)50(36)79-41)78-47(26(2)3)62(103)76-29(6)55(96)73-27(4)54(95)74-30(7)57(98)90-72(70-86-46(25-114-70)60(101)87-48(33(10)92)63(104)81-38)19-18-40(80-52(72)42-21-112-66(49)82-42)65-84-43(22-111-65)58(99)75-28(5)56(97)77-31(8)68(105)108-14/h15-17,20-22,24-26,30,32-36,39,45,47-53,78,91-94,107H,4-6,8,18-19,23H2,1-3,7,9-14H3,(H,73,96)(H,74,95)(H,75,99)(H,76,103)(H,77,97)(H,81,104)(H,87,101)(H,88,100)(H,89,102)(H,90,98)/b38-15-/t30-,32+,33+,34-,35+,36?,39-,45+,47?,48?,49?,50?,51+,52-,53-,71?,72?/m1/s1. The highest BCUT2D eigenvalue weighted by Crippen LogP contribution is 2.48. The van der Waals surface area contributed by atoms with Gasteiger partial charge in [-0.2, -0.15) is 0 Å². The van der Waals surface area contributed by atoms with Gasteiger partial charge in [0.15, 0.2) is 0 Å². The Morgan fingerprint density at radius 1 is 0.746 bits per heavy atom. The van der Waals surface area contributed by atoms with Crippen LogP contribution in [0.3, 0.4) is 0 Å². The second-order valence-electron chi connectivity index (χ2n) is 27.8. The number of aliphatic hydroxyl groups excluding tert-OH is 4. The minimum atomic E-state index is -2.21. The van der Waals surface area contributed by atoms with Crippen molar-refractivity contribution < 1.29 is 92.5 Å². The van der Waals surface area contributed by atoms with E-state index in [9.17, 15) is 68.7 Å². The molecule has 0 radical (unpaired) electrons. The summed E-state index contributed by atoms with van der Waals surface area (Å²) >= 11 is 4.42. The van der Waals surface area contributed by atoms with E-state index in [1.165, 1.54) is 75.2 Å². The topological polar surface area (TPSA) is 545 Å². The number of esters is 2. The molecule has 0 saturated heterocycles. The van der Waals surface area contributed by atoms with Crippen molar-refractivity contribution in [2.24, 2.45) is 26.8 Å². The summed E-state index contributed by atoms with van der Waals surface area (Å²) in [6.07, 6.45) is -2.03. The molecular weight excluding hydrogens is 1580 g/mol. The van der Waals surface area contributed by atoms with Crippen LogP contribution < -0.4 is 58.5 Å². The van der Waals surface area contributed by atoms with Gasteiger partial charge in [0.1, 0.15) is 107 Å². The number of rotatable bonds is 11. The molecule has 16 N–H and O–H groups in total. The lowest BCUT2D eigenvalue weighted by Gasteiger charge is -2.41. The molecule has 5 aliphatic heterocycles.